The normalized spacial score (nSPS) is 21.7. The monoisotopic (exact) mass is 267 g/mol. The Morgan fingerprint density at radius 3 is 2.83 bits per heavy atom. The quantitative estimate of drug-likeness (QED) is 0.909. The van der Waals surface area contributed by atoms with E-state index in [1.54, 1.807) is 0 Å². The zero-order valence-electron chi connectivity index (χ0n) is 12.0. The maximum absolute atomic E-state index is 4.67. The number of aryl methyl sites for hydroxylation is 2. The summed E-state index contributed by atoms with van der Waals surface area (Å²) in [6, 6.07) is 0.670. The van der Waals surface area contributed by atoms with E-state index in [0.29, 0.717) is 6.04 Å². The van der Waals surface area contributed by atoms with E-state index in [1.165, 1.54) is 22.0 Å². The molecule has 1 aliphatic rings. The minimum atomic E-state index is 0.670. The number of nitrogens with one attached hydrogen (secondary N) is 1. The Morgan fingerprint density at radius 1 is 1.44 bits per heavy atom. The molecule has 1 fully saturated rings. The van der Waals surface area contributed by atoms with Crippen LogP contribution >= 0.6 is 11.3 Å². The van der Waals surface area contributed by atoms with Crippen molar-refractivity contribution in [3.63, 3.8) is 0 Å². The van der Waals surface area contributed by atoms with Crippen molar-refractivity contribution in [2.24, 2.45) is 5.92 Å². The van der Waals surface area contributed by atoms with E-state index in [-0.39, 0.29) is 0 Å². The Bertz CT molecular complexity index is 367. The van der Waals surface area contributed by atoms with Gasteiger partial charge < -0.3 is 5.32 Å². The fourth-order valence-electron chi connectivity index (χ4n) is 2.57. The third-order valence-corrected chi connectivity index (χ3v) is 4.68. The van der Waals surface area contributed by atoms with Gasteiger partial charge in [0.05, 0.1) is 12.2 Å². The molecule has 18 heavy (non-hydrogen) atoms. The first-order valence-electron chi connectivity index (χ1n) is 6.94. The molecule has 1 N–H and O–H groups in total. The summed E-state index contributed by atoms with van der Waals surface area (Å²) in [6.07, 6.45) is 1.27. The summed E-state index contributed by atoms with van der Waals surface area (Å²) in [5.41, 5.74) is 1.20. The Labute approximate surface area is 115 Å². The highest BCUT2D eigenvalue weighted by molar-refractivity contribution is 7.11. The smallest absolute Gasteiger partial charge is 0.107 e. The first-order chi connectivity index (χ1) is 8.56. The summed E-state index contributed by atoms with van der Waals surface area (Å²) >= 11 is 1.86. The van der Waals surface area contributed by atoms with Crippen molar-refractivity contribution in [3.8, 4) is 0 Å². The number of hydrogen-bond acceptors (Lipinski definition) is 4. The Morgan fingerprint density at radius 2 is 2.22 bits per heavy atom. The van der Waals surface area contributed by atoms with Crippen molar-refractivity contribution in [1.29, 1.82) is 0 Å². The summed E-state index contributed by atoms with van der Waals surface area (Å²) < 4.78 is 0. The van der Waals surface area contributed by atoms with Gasteiger partial charge in [0.15, 0.2) is 0 Å². The van der Waals surface area contributed by atoms with Crippen LogP contribution in [0.2, 0.25) is 0 Å². The predicted octanol–water partition coefficient (Wildman–Crippen LogP) is 2.58. The molecule has 1 saturated heterocycles. The van der Waals surface area contributed by atoms with Crippen LogP contribution in [0.1, 0.15) is 35.8 Å². The van der Waals surface area contributed by atoms with Crippen molar-refractivity contribution in [3.05, 3.63) is 15.6 Å². The van der Waals surface area contributed by atoms with Gasteiger partial charge >= 0.3 is 0 Å². The minimum Gasteiger partial charge on any atom is -0.314 e. The molecule has 3 nitrogen and oxygen atoms in total. The lowest BCUT2D eigenvalue weighted by Gasteiger charge is -2.36. The van der Waals surface area contributed by atoms with Crippen molar-refractivity contribution in [1.82, 2.24) is 15.2 Å². The molecule has 1 unspecified atom stereocenters. The van der Waals surface area contributed by atoms with E-state index in [1.807, 2.05) is 11.3 Å². The molecule has 0 saturated carbocycles. The van der Waals surface area contributed by atoms with Gasteiger partial charge in [-0.1, -0.05) is 13.8 Å². The highest BCUT2D eigenvalue weighted by atomic mass is 32.1. The zero-order chi connectivity index (χ0) is 13.1. The fraction of sp³-hybridized carbons (Fsp3) is 0.786. The van der Waals surface area contributed by atoms with E-state index in [0.717, 1.165) is 32.1 Å². The second-order valence-corrected chi connectivity index (χ2v) is 6.99. The first kappa shape index (κ1) is 14.0. The second kappa shape index (κ2) is 6.13. The lowest BCUT2D eigenvalue weighted by Crippen LogP contribution is -2.51. The summed E-state index contributed by atoms with van der Waals surface area (Å²) in [5, 5.41) is 4.79. The molecule has 1 aromatic rings. The van der Waals surface area contributed by atoms with Gasteiger partial charge in [-0.15, -0.1) is 11.3 Å². The van der Waals surface area contributed by atoms with Crippen LogP contribution in [0.25, 0.3) is 0 Å². The molecule has 0 aromatic carbocycles. The van der Waals surface area contributed by atoms with Crippen LogP contribution in [0.3, 0.4) is 0 Å². The molecule has 2 heterocycles. The Kier molecular flexibility index (Phi) is 4.76. The largest absolute Gasteiger partial charge is 0.314 e. The zero-order valence-corrected chi connectivity index (χ0v) is 12.8. The molecule has 102 valence electrons. The van der Waals surface area contributed by atoms with E-state index >= 15 is 0 Å². The number of thiazole rings is 1. The lowest BCUT2D eigenvalue weighted by molar-refractivity contribution is 0.134. The molecule has 1 aromatic heterocycles. The number of aromatic nitrogens is 1. The van der Waals surface area contributed by atoms with Gasteiger partial charge in [0.1, 0.15) is 5.01 Å². The highest BCUT2D eigenvalue weighted by Crippen LogP contribution is 2.21. The Balaban J connectivity index is 2.00. The van der Waals surface area contributed by atoms with Crippen LogP contribution < -0.4 is 5.32 Å². The SMILES string of the molecule is Cc1nc(CN2CCNCC2CC(C)C)sc1C. The lowest BCUT2D eigenvalue weighted by atomic mass is 10.0. The molecule has 0 spiro atoms. The van der Waals surface area contributed by atoms with Crippen LogP contribution in [-0.2, 0) is 6.54 Å². The van der Waals surface area contributed by atoms with Crippen LogP contribution in [0, 0.1) is 19.8 Å². The van der Waals surface area contributed by atoms with Gasteiger partial charge in [0.2, 0.25) is 0 Å². The number of nitrogens with zero attached hydrogens (tertiary/aromatic N) is 2. The highest BCUT2D eigenvalue weighted by Gasteiger charge is 2.23. The van der Waals surface area contributed by atoms with Crippen molar-refractivity contribution in [2.75, 3.05) is 19.6 Å². The third kappa shape index (κ3) is 3.53. The van der Waals surface area contributed by atoms with Gasteiger partial charge in [0.25, 0.3) is 0 Å². The topological polar surface area (TPSA) is 28.2 Å². The molecule has 0 amide bonds. The van der Waals surface area contributed by atoms with Crippen LogP contribution in [0.5, 0.6) is 0 Å². The van der Waals surface area contributed by atoms with Crippen molar-refractivity contribution in [2.45, 2.75) is 46.7 Å². The molecule has 2 rings (SSSR count). The third-order valence-electron chi connectivity index (χ3n) is 3.63. The minimum absolute atomic E-state index is 0.670. The maximum atomic E-state index is 4.67. The molecule has 1 atom stereocenters. The van der Waals surface area contributed by atoms with Gasteiger partial charge in [-0.25, -0.2) is 4.98 Å². The predicted molar refractivity (Wildman–Crippen MR) is 78.1 cm³/mol. The van der Waals surface area contributed by atoms with E-state index < -0.39 is 0 Å². The van der Waals surface area contributed by atoms with E-state index in [4.69, 9.17) is 0 Å². The summed E-state index contributed by atoms with van der Waals surface area (Å²) in [6.45, 7) is 13.3. The molecular formula is C14H25N3S. The van der Waals surface area contributed by atoms with Gasteiger partial charge in [0, 0.05) is 30.6 Å². The number of hydrogen-bond donors (Lipinski definition) is 1. The van der Waals surface area contributed by atoms with E-state index in [2.05, 4.69) is 42.9 Å². The van der Waals surface area contributed by atoms with Crippen LogP contribution in [0.4, 0.5) is 0 Å². The van der Waals surface area contributed by atoms with Crippen molar-refractivity contribution < 1.29 is 0 Å². The molecule has 1 aliphatic heterocycles. The molecule has 4 heteroatoms. The van der Waals surface area contributed by atoms with Crippen LogP contribution in [0.15, 0.2) is 0 Å². The summed E-state index contributed by atoms with van der Waals surface area (Å²) in [4.78, 5) is 8.64. The standard InChI is InChI=1S/C14H25N3S/c1-10(2)7-13-8-15-5-6-17(13)9-14-16-11(3)12(4)18-14/h10,13,15H,5-9H2,1-4H3. The van der Waals surface area contributed by atoms with Gasteiger partial charge in [-0.05, 0) is 26.2 Å². The van der Waals surface area contributed by atoms with Crippen LogP contribution in [-0.4, -0.2) is 35.6 Å². The summed E-state index contributed by atoms with van der Waals surface area (Å²) in [7, 11) is 0. The molecule has 0 aliphatic carbocycles. The average Bonchev–Trinajstić information content (AvgIpc) is 2.60. The van der Waals surface area contributed by atoms with Gasteiger partial charge in [-0.2, -0.15) is 0 Å². The molecule has 0 bridgehead atoms. The van der Waals surface area contributed by atoms with Gasteiger partial charge in [-0.3, -0.25) is 4.90 Å². The Hall–Kier alpha value is -0.450. The second-order valence-electron chi connectivity index (χ2n) is 5.71. The van der Waals surface area contributed by atoms with E-state index in [9.17, 15) is 0 Å². The molecule has 0 radical (unpaired) electrons. The fourth-order valence-corrected chi connectivity index (χ4v) is 3.53. The number of rotatable bonds is 4. The van der Waals surface area contributed by atoms with Crippen molar-refractivity contribution >= 4 is 11.3 Å². The maximum Gasteiger partial charge on any atom is 0.107 e. The summed E-state index contributed by atoms with van der Waals surface area (Å²) in [5.74, 6) is 0.761. The first-order valence-corrected chi connectivity index (χ1v) is 7.75. The number of piperazine rings is 1. The average molecular weight is 267 g/mol. The molecular weight excluding hydrogens is 242 g/mol.